The van der Waals surface area contributed by atoms with Crippen LogP contribution in [0.3, 0.4) is 0 Å². The lowest BCUT2D eigenvalue weighted by Gasteiger charge is -2.11. The van der Waals surface area contributed by atoms with E-state index in [4.69, 9.17) is 11.6 Å². The van der Waals surface area contributed by atoms with Crippen molar-refractivity contribution in [3.8, 4) is 21.1 Å². The van der Waals surface area contributed by atoms with Crippen molar-refractivity contribution in [2.45, 2.75) is 6.10 Å². The highest BCUT2D eigenvalue weighted by Gasteiger charge is 2.21. The zero-order valence-electron chi connectivity index (χ0n) is 13.4. The fraction of sp³-hybridized carbons (Fsp3) is 0.0526. The van der Waals surface area contributed by atoms with Gasteiger partial charge in [0.25, 0.3) is 0 Å². The molecule has 0 aliphatic heterocycles. The molecular weight excluding hydrogens is 373 g/mol. The van der Waals surface area contributed by atoms with E-state index in [1.807, 2.05) is 6.07 Å². The molecule has 2 N–H and O–H groups in total. The number of benzene rings is 1. The van der Waals surface area contributed by atoms with Gasteiger partial charge in [0.2, 0.25) is 5.95 Å². The number of aliphatic hydroxyl groups is 1. The quantitative estimate of drug-likeness (QED) is 0.482. The van der Waals surface area contributed by atoms with Crippen molar-refractivity contribution in [2.75, 3.05) is 0 Å². The van der Waals surface area contributed by atoms with Gasteiger partial charge >= 0.3 is 0 Å². The van der Waals surface area contributed by atoms with Crippen LogP contribution in [0.5, 0.6) is 0 Å². The zero-order valence-corrected chi connectivity index (χ0v) is 14.9. The molecule has 3 aromatic heterocycles. The van der Waals surface area contributed by atoms with E-state index in [9.17, 15) is 9.50 Å². The standard InChI is InChI=1S/C19H13ClFN3OS/c20-13-3-1-11(2-4-13)17(25)14-10-15(12-5-6-22-16(21)9-12)26-18(14)19-23-7-8-24-19/h1-10,17,25H,(H,23,24)/t17-/m1/s1. The third-order valence-corrected chi connectivity index (χ3v) is 5.42. The van der Waals surface area contributed by atoms with E-state index in [1.165, 1.54) is 23.6 Å². The number of thiophene rings is 1. The molecule has 4 aromatic rings. The van der Waals surface area contributed by atoms with Gasteiger partial charge < -0.3 is 10.1 Å². The van der Waals surface area contributed by atoms with Gasteiger partial charge in [0.15, 0.2) is 0 Å². The number of nitrogens with zero attached hydrogens (tertiary/aromatic N) is 2. The minimum absolute atomic E-state index is 0.546. The number of rotatable bonds is 4. The van der Waals surface area contributed by atoms with Gasteiger partial charge in [0, 0.05) is 40.1 Å². The largest absolute Gasteiger partial charge is 0.384 e. The fourth-order valence-electron chi connectivity index (χ4n) is 2.71. The smallest absolute Gasteiger partial charge is 0.213 e. The summed E-state index contributed by atoms with van der Waals surface area (Å²) in [5.74, 6) is 0.106. The van der Waals surface area contributed by atoms with Crippen LogP contribution in [-0.2, 0) is 0 Å². The molecule has 0 amide bonds. The van der Waals surface area contributed by atoms with Crippen LogP contribution in [0, 0.1) is 5.95 Å². The number of aromatic nitrogens is 3. The highest BCUT2D eigenvalue weighted by molar-refractivity contribution is 7.19. The molecule has 0 radical (unpaired) electrons. The van der Waals surface area contributed by atoms with E-state index in [-0.39, 0.29) is 0 Å². The first-order valence-corrected chi connectivity index (χ1v) is 9.00. The third kappa shape index (κ3) is 3.26. The molecule has 7 heteroatoms. The SMILES string of the molecule is O[C@H](c1ccc(Cl)cc1)c1cc(-c2ccnc(F)c2)sc1-c1ncc[nH]1. The van der Waals surface area contributed by atoms with E-state index < -0.39 is 12.1 Å². The zero-order chi connectivity index (χ0) is 18.1. The summed E-state index contributed by atoms with van der Waals surface area (Å²) in [4.78, 5) is 12.6. The summed E-state index contributed by atoms with van der Waals surface area (Å²) in [7, 11) is 0. The van der Waals surface area contributed by atoms with Gasteiger partial charge in [-0.15, -0.1) is 11.3 Å². The number of hydrogen-bond donors (Lipinski definition) is 2. The molecule has 0 unspecified atom stereocenters. The molecule has 0 aliphatic rings. The first-order valence-electron chi connectivity index (χ1n) is 7.81. The van der Waals surface area contributed by atoms with Gasteiger partial charge in [-0.3, -0.25) is 0 Å². The number of halogens is 2. The Bertz CT molecular complexity index is 1030. The van der Waals surface area contributed by atoms with Crippen LogP contribution in [0.4, 0.5) is 4.39 Å². The Morgan fingerprint density at radius 2 is 1.88 bits per heavy atom. The van der Waals surface area contributed by atoms with Gasteiger partial charge in [0.05, 0.1) is 4.88 Å². The van der Waals surface area contributed by atoms with Crippen molar-refractivity contribution in [3.63, 3.8) is 0 Å². The lowest BCUT2D eigenvalue weighted by molar-refractivity contribution is 0.221. The molecule has 0 spiro atoms. The summed E-state index contributed by atoms with van der Waals surface area (Å²) >= 11 is 7.37. The maximum atomic E-state index is 13.5. The number of H-pyrrole nitrogens is 1. The second kappa shape index (κ2) is 6.99. The monoisotopic (exact) mass is 385 g/mol. The van der Waals surface area contributed by atoms with E-state index in [0.717, 1.165) is 9.75 Å². The number of imidazole rings is 1. The lowest BCUT2D eigenvalue weighted by Crippen LogP contribution is -1.99. The van der Waals surface area contributed by atoms with E-state index >= 15 is 0 Å². The Morgan fingerprint density at radius 3 is 2.58 bits per heavy atom. The molecule has 0 aliphatic carbocycles. The lowest BCUT2D eigenvalue weighted by atomic mass is 10.0. The fourth-order valence-corrected chi connectivity index (χ4v) is 3.98. The molecule has 1 atom stereocenters. The average Bonchev–Trinajstić information content (AvgIpc) is 3.31. The summed E-state index contributed by atoms with van der Waals surface area (Å²) in [6.45, 7) is 0. The van der Waals surface area contributed by atoms with Gasteiger partial charge in [-0.25, -0.2) is 9.97 Å². The van der Waals surface area contributed by atoms with Crippen molar-refractivity contribution in [1.29, 1.82) is 0 Å². The van der Waals surface area contributed by atoms with Crippen molar-refractivity contribution in [3.05, 3.63) is 83.2 Å². The number of hydrogen-bond acceptors (Lipinski definition) is 4. The van der Waals surface area contributed by atoms with Crippen LogP contribution in [0.2, 0.25) is 5.02 Å². The van der Waals surface area contributed by atoms with Crippen LogP contribution < -0.4 is 0 Å². The number of aliphatic hydroxyl groups excluding tert-OH is 1. The Morgan fingerprint density at radius 1 is 1.08 bits per heavy atom. The molecule has 0 saturated carbocycles. The van der Waals surface area contributed by atoms with Crippen LogP contribution in [0.25, 0.3) is 21.1 Å². The predicted molar refractivity (Wildman–Crippen MR) is 101 cm³/mol. The summed E-state index contributed by atoms with van der Waals surface area (Å²) in [5, 5.41) is 11.5. The van der Waals surface area contributed by atoms with E-state index in [2.05, 4.69) is 15.0 Å². The second-order valence-electron chi connectivity index (χ2n) is 5.65. The number of pyridine rings is 1. The Labute approximate surface area is 158 Å². The summed E-state index contributed by atoms with van der Waals surface area (Å²) in [5.41, 5.74) is 2.11. The van der Waals surface area contributed by atoms with Gasteiger partial charge in [-0.2, -0.15) is 4.39 Å². The summed E-state index contributed by atoms with van der Waals surface area (Å²) in [6.07, 6.45) is 3.94. The molecule has 0 bridgehead atoms. The molecule has 4 nitrogen and oxygen atoms in total. The van der Waals surface area contributed by atoms with E-state index in [0.29, 0.717) is 27.5 Å². The van der Waals surface area contributed by atoms with E-state index in [1.54, 1.807) is 42.7 Å². The normalized spacial score (nSPS) is 12.3. The van der Waals surface area contributed by atoms with Crippen molar-refractivity contribution >= 4 is 22.9 Å². The molecule has 0 fully saturated rings. The summed E-state index contributed by atoms with van der Waals surface area (Å²) < 4.78 is 13.5. The second-order valence-corrected chi connectivity index (χ2v) is 7.14. The van der Waals surface area contributed by atoms with Gasteiger partial charge in [0.1, 0.15) is 11.9 Å². The first-order chi connectivity index (χ1) is 12.6. The van der Waals surface area contributed by atoms with Gasteiger partial charge in [-0.1, -0.05) is 23.7 Å². The molecule has 26 heavy (non-hydrogen) atoms. The Kier molecular flexibility index (Phi) is 4.55. The number of nitrogens with one attached hydrogen (secondary N) is 1. The predicted octanol–water partition coefficient (Wildman–Crippen LogP) is 5.07. The Balaban J connectivity index is 1.83. The average molecular weight is 386 g/mol. The molecule has 3 heterocycles. The molecular formula is C19H13ClFN3OS. The topological polar surface area (TPSA) is 61.8 Å². The maximum absolute atomic E-state index is 13.5. The minimum Gasteiger partial charge on any atom is -0.384 e. The van der Waals surface area contributed by atoms with Crippen LogP contribution in [0.15, 0.2) is 61.1 Å². The highest BCUT2D eigenvalue weighted by atomic mass is 35.5. The van der Waals surface area contributed by atoms with Crippen LogP contribution in [0.1, 0.15) is 17.2 Å². The first kappa shape index (κ1) is 16.9. The maximum Gasteiger partial charge on any atom is 0.213 e. The molecule has 130 valence electrons. The molecule has 0 saturated heterocycles. The summed E-state index contributed by atoms with van der Waals surface area (Å²) in [6, 6.07) is 12.0. The minimum atomic E-state index is -0.857. The van der Waals surface area contributed by atoms with Crippen molar-refractivity contribution in [2.24, 2.45) is 0 Å². The Hall–Kier alpha value is -2.54. The van der Waals surface area contributed by atoms with Crippen LogP contribution in [-0.4, -0.2) is 20.1 Å². The van der Waals surface area contributed by atoms with Crippen molar-refractivity contribution < 1.29 is 9.50 Å². The number of aromatic amines is 1. The molecule has 4 rings (SSSR count). The molecule has 1 aromatic carbocycles. The third-order valence-electron chi connectivity index (χ3n) is 3.97. The van der Waals surface area contributed by atoms with Gasteiger partial charge in [-0.05, 0) is 35.4 Å². The van der Waals surface area contributed by atoms with Crippen LogP contribution >= 0.6 is 22.9 Å². The van der Waals surface area contributed by atoms with Crippen molar-refractivity contribution in [1.82, 2.24) is 15.0 Å². The highest BCUT2D eigenvalue weighted by Crippen LogP contribution is 2.41.